The van der Waals surface area contributed by atoms with E-state index in [9.17, 15) is 0 Å². The number of aliphatic hydroxyl groups is 1. The average Bonchev–Trinajstić information content (AvgIpc) is 2.38. The zero-order valence-corrected chi connectivity index (χ0v) is 8.97. The summed E-state index contributed by atoms with van der Waals surface area (Å²) in [5, 5.41) is 8.90. The summed E-state index contributed by atoms with van der Waals surface area (Å²) in [6.07, 6.45) is 0. The zero-order valence-electron chi connectivity index (χ0n) is 8.97. The molecular weight excluding hydrogens is 201 g/mol. The molecule has 0 saturated carbocycles. The van der Waals surface area contributed by atoms with E-state index in [1.165, 1.54) is 0 Å². The first kappa shape index (κ1) is 10.7. The summed E-state index contributed by atoms with van der Waals surface area (Å²) in [6.45, 7) is 0.637. The third-order valence-electron chi connectivity index (χ3n) is 2.35. The van der Waals surface area contributed by atoms with Gasteiger partial charge in [0.15, 0.2) is 0 Å². The monoisotopic (exact) mass is 215 g/mol. The van der Waals surface area contributed by atoms with E-state index in [0.29, 0.717) is 6.61 Å². The van der Waals surface area contributed by atoms with E-state index in [2.05, 4.69) is 0 Å². The van der Waals surface area contributed by atoms with Crippen LogP contribution < -0.4 is 4.74 Å². The highest BCUT2D eigenvalue weighted by Gasteiger charge is 1.95. The van der Waals surface area contributed by atoms with Gasteiger partial charge in [-0.15, -0.1) is 0 Å². The molecule has 0 amide bonds. The van der Waals surface area contributed by atoms with Crippen molar-refractivity contribution in [3.8, 4) is 5.75 Å². The molecular formula is C14H14O2. The van der Waals surface area contributed by atoms with Gasteiger partial charge in [-0.05, 0) is 23.3 Å². The summed E-state index contributed by atoms with van der Waals surface area (Å²) < 4.78 is 5.61. The predicted molar refractivity (Wildman–Crippen MR) is 63.1 cm³/mol. The minimum atomic E-state index is 0.0684. The average molecular weight is 215 g/mol. The van der Waals surface area contributed by atoms with E-state index < -0.39 is 0 Å². The highest BCUT2D eigenvalue weighted by Crippen LogP contribution is 2.14. The van der Waals surface area contributed by atoms with Crippen molar-refractivity contribution in [1.29, 1.82) is 0 Å². The largest absolute Gasteiger partial charge is 0.489 e. The number of hydrogen-bond acceptors (Lipinski definition) is 2. The molecule has 0 spiro atoms. The number of ether oxygens (including phenoxy) is 1. The molecule has 0 aliphatic rings. The molecule has 2 aromatic rings. The highest BCUT2D eigenvalue weighted by atomic mass is 16.5. The van der Waals surface area contributed by atoms with Crippen molar-refractivity contribution in [3.05, 3.63) is 65.7 Å². The van der Waals surface area contributed by atoms with Gasteiger partial charge in [-0.2, -0.15) is 0 Å². The van der Waals surface area contributed by atoms with Gasteiger partial charge in [-0.1, -0.05) is 42.5 Å². The molecule has 0 saturated heterocycles. The molecule has 0 radical (unpaired) electrons. The lowest BCUT2D eigenvalue weighted by Crippen LogP contribution is -1.95. The third kappa shape index (κ3) is 2.84. The molecule has 0 fully saturated rings. The Kier molecular flexibility index (Phi) is 3.57. The standard InChI is InChI=1S/C14H14O2/c15-10-12-6-8-14(9-7-12)16-11-13-4-2-1-3-5-13/h1-9,15H,10-11H2/i10+1. The normalized spacial score (nSPS) is 10.1. The second-order valence-corrected chi connectivity index (χ2v) is 3.58. The van der Waals surface area contributed by atoms with Gasteiger partial charge in [0.1, 0.15) is 12.4 Å². The van der Waals surface area contributed by atoms with Crippen molar-refractivity contribution < 1.29 is 9.84 Å². The van der Waals surface area contributed by atoms with Crippen LogP contribution in [0.15, 0.2) is 54.6 Å². The molecule has 0 aliphatic carbocycles. The number of benzene rings is 2. The lowest BCUT2D eigenvalue weighted by Gasteiger charge is -2.06. The fraction of sp³-hybridized carbons (Fsp3) is 0.143. The second kappa shape index (κ2) is 5.33. The van der Waals surface area contributed by atoms with Crippen molar-refractivity contribution in [2.75, 3.05) is 0 Å². The Labute approximate surface area is 95.1 Å². The van der Waals surface area contributed by atoms with Crippen molar-refractivity contribution in [3.63, 3.8) is 0 Å². The predicted octanol–water partition coefficient (Wildman–Crippen LogP) is 2.76. The smallest absolute Gasteiger partial charge is 0.119 e. The molecule has 1 N–H and O–H groups in total. The summed E-state index contributed by atoms with van der Waals surface area (Å²) in [5.41, 5.74) is 2.04. The van der Waals surface area contributed by atoms with Gasteiger partial charge in [-0.3, -0.25) is 0 Å². The van der Waals surface area contributed by atoms with E-state index in [1.54, 1.807) is 0 Å². The van der Waals surface area contributed by atoms with Gasteiger partial charge in [0.05, 0.1) is 6.61 Å². The van der Waals surface area contributed by atoms with Crippen LogP contribution in [0.25, 0.3) is 0 Å². The number of rotatable bonds is 4. The van der Waals surface area contributed by atoms with Crippen molar-refractivity contribution >= 4 is 0 Å². The lowest BCUT2D eigenvalue weighted by atomic mass is 10.2. The van der Waals surface area contributed by atoms with Crippen LogP contribution >= 0.6 is 0 Å². The van der Waals surface area contributed by atoms with E-state index in [-0.39, 0.29) is 6.61 Å². The third-order valence-corrected chi connectivity index (χ3v) is 2.35. The molecule has 2 aromatic carbocycles. The number of aliphatic hydroxyl groups excluding tert-OH is 1. The van der Waals surface area contributed by atoms with E-state index in [1.807, 2.05) is 54.6 Å². The van der Waals surface area contributed by atoms with Crippen molar-refractivity contribution in [2.45, 2.75) is 13.2 Å². The van der Waals surface area contributed by atoms with Crippen LogP contribution in [0.3, 0.4) is 0 Å². The Morgan fingerprint density at radius 2 is 1.50 bits per heavy atom. The van der Waals surface area contributed by atoms with Crippen LogP contribution in [-0.2, 0) is 13.2 Å². The van der Waals surface area contributed by atoms with E-state index in [0.717, 1.165) is 16.9 Å². The van der Waals surface area contributed by atoms with Gasteiger partial charge < -0.3 is 9.84 Å². The van der Waals surface area contributed by atoms with Crippen LogP contribution in [0.2, 0.25) is 0 Å². The molecule has 2 heteroatoms. The minimum Gasteiger partial charge on any atom is -0.489 e. The summed E-state index contributed by atoms with van der Waals surface area (Å²) in [4.78, 5) is 0. The molecule has 0 heterocycles. The summed E-state index contributed by atoms with van der Waals surface area (Å²) in [5.74, 6) is 0.820. The topological polar surface area (TPSA) is 29.5 Å². The Morgan fingerprint density at radius 1 is 0.812 bits per heavy atom. The summed E-state index contributed by atoms with van der Waals surface area (Å²) in [7, 11) is 0. The Balaban J connectivity index is 1.94. The molecule has 2 nitrogen and oxygen atoms in total. The first-order valence-electron chi connectivity index (χ1n) is 5.25. The van der Waals surface area contributed by atoms with Crippen LogP contribution in [0.1, 0.15) is 11.1 Å². The molecule has 0 aliphatic heterocycles. The first-order chi connectivity index (χ1) is 7.88. The molecule has 0 aromatic heterocycles. The molecule has 82 valence electrons. The van der Waals surface area contributed by atoms with Gasteiger partial charge in [-0.25, -0.2) is 0 Å². The van der Waals surface area contributed by atoms with Gasteiger partial charge in [0, 0.05) is 0 Å². The molecule has 0 bridgehead atoms. The fourth-order valence-corrected chi connectivity index (χ4v) is 1.43. The summed E-state index contributed by atoms with van der Waals surface area (Å²) in [6, 6.07) is 17.5. The maximum Gasteiger partial charge on any atom is 0.119 e. The van der Waals surface area contributed by atoms with Gasteiger partial charge in [0.2, 0.25) is 0 Å². The fourth-order valence-electron chi connectivity index (χ4n) is 1.43. The van der Waals surface area contributed by atoms with Crippen LogP contribution in [0, 0.1) is 0 Å². The maximum absolute atomic E-state index is 8.90. The zero-order chi connectivity index (χ0) is 11.2. The lowest BCUT2D eigenvalue weighted by molar-refractivity contribution is 0.280. The Bertz CT molecular complexity index is 420. The van der Waals surface area contributed by atoms with E-state index >= 15 is 0 Å². The Morgan fingerprint density at radius 3 is 2.12 bits per heavy atom. The SMILES string of the molecule is O[13CH2]c1ccc(OCc2ccccc2)cc1. The molecule has 2 rings (SSSR count). The molecule has 0 unspecified atom stereocenters. The maximum atomic E-state index is 8.90. The Hall–Kier alpha value is -1.80. The van der Waals surface area contributed by atoms with Crippen molar-refractivity contribution in [1.82, 2.24) is 0 Å². The number of hydrogen-bond donors (Lipinski definition) is 1. The highest BCUT2D eigenvalue weighted by molar-refractivity contribution is 5.27. The minimum absolute atomic E-state index is 0.0684. The van der Waals surface area contributed by atoms with Crippen LogP contribution in [0.5, 0.6) is 5.75 Å². The van der Waals surface area contributed by atoms with Crippen LogP contribution in [0.4, 0.5) is 0 Å². The quantitative estimate of drug-likeness (QED) is 0.795. The van der Waals surface area contributed by atoms with Gasteiger partial charge in [0.25, 0.3) is 0 Å². The second-order valence-electron chi connectivity index (χ2n) is 3.58. The molecule has 0 atom stereocenters. The summed E-state index contributed by atoms with van der Waals surface area (Å²) >= 11 is 0. The van der Waals surface area contributed by atoms with Crippen molar-refractivity contribution in [2.24, 2.45) is 0 Å². The first-order valence-corrected chi connectivity index (χ1v) is 5.25. The van der Waals surface area contributed by atoms with Crippen LogP contribution in [-0.4, -0.2) is 5.11 Å². The van der Waals surface area contributed by atoms with Gasteiger partial charge >= 0.3 is 0 Å². The molecule has 16 heavy (non-hydrogen) atoms. The van der Waals surface area contributed by atoms with E-state index in [4.69, 9.17) is 9.84 Å².